The van der Waals surface area contributed by atoms with Gasteiger partial charge in [-0.05, 0) is 43.9 Å². The van der Waals surface area contributed by atoms with Crippen LogP contribution >= 0.6 is 0 Å². The molecule has 0 heterocycles. The number of nitrogens with zero attached hydrogens (tertiary/aromatic N) is 2. The molecule has 0 radical (unpaired) electrons. The van der Waals surface area contributed by atoms with E-state index in [0.29, 0.717) is 12.0 Å². The molecule has 26 heavy (non-hydrogen) atoms. The second-order valence-corrected chi connectivity index (χ2v) is 6.56. The van der Waals surface area contributed by atoms with Crippen molar-refractivity contribution in [2.75, 3.05) is 14.1 Å². The average Bonchev–Trinajstić information content (AvgIpc) is 2.60. The van der Waals surface area contributed by atoms with Gasteiger partial charge in [-0.3, -0.25) is 9.59 Å². The molecular formula is C20H28N2O4. The van der Waals surface area contributed by atoms with Crippen LogP contribution < -0.4 is 0 Å². The van der Waals surface area contributed by atoms with E-state index < -0.39 is 11.9 Å². The number of rotatable bonds is 10. The summed E-state index contributed by atoms with van der Waals surface area (Å²) in [6.45, 7) is 1.30. The van der Waals surface area contributed by atoms with E-state index in [0.717, 1.165) is 44.1 Å². The number of hydrogen-bond donors (Lipinski definition) is 1. The van der Waals surface area contributed by atoms with Crippen molar-refractivity contribution in [2.45, 2.75) is 51.9 Å². The second kappa shape index (κ2) is 11.2. The molecule has 6 nitrogen and oxygen atoms in total. The van der Waals surface area contributed by atoms with Gasteiger partial charge in [0, 0.05) is 26.1 Å². The number of unbranched alkanes of at least 4 members (excludes halogenated alkanes) is 4. The molecule has 0 fully saturated rings. The molecule has 0 aromatic heterocycles. The van der Waals surface area contributed by atoms with Gasteiger partial charge in [-0.15, -0.1) is 0 Å². The maximum Gasteiger partial charge on any atom is 0.350 e. The van der Waals surface area contributed by atoms with Gasteiger partial charge in [-0.25, -0.2) is 9.79 Å². The van der Waals surface area contributed by atoms with E-state index in [1.807, 2.05) is 6.07 Å². The Morgan fingerprint density at radius 1 is 1.04 bits per heavy atom. The van der Waals surface area contributed by atoms with Crippen molar-refractivity contribution in [1.29, 1.82) is 0 Å². The molecule has 0 bridgehead atoms. The molecule has 1 aromatic carbocycles. The van der Waals surface area contributed by atoms with E-state index in [4.69, 9.17) is 5.11 Å². The smallest absolute Gasteiger partial charge is 0.350 e. The number of hydrogen-bond acceptors (Lipinski definition) is 3. The summed E-state index contributed by atoms with van der Waals surface area (Å²) < 4.78 is 0. The first-order valence-electron chi connectivity index (χ1n) is 8.93. The van der Waals surface area contributed by atoms with Gasteiger partial charge in [0.2, 0.25) is 5.91 Å². The zero-order valence-corrected chi connectivity index (χ0v) is 15.8. The van der Waals surface area contributed by atoms with Crippen molar-refractivity contribution in [3.8, 4) is 0 Å². The fourth-order valence-corrected chi connectivity index (χ4v) is 2.48. The molecule has 1 aromatic rings. The second-order valence-electron chi connectivity index (χ2n) is 6.56. The molecule has 0 unspecified atom stereocenters. The minimum absolute atomic E-state index is 0.173. The molecule has 6 heteroatoms. The number of amides is 2. The predicted octanol–water partition coefficient (Wildman–Crippen LogP) is 3.34. The Morgan fingerprint density at radius 2 is 1.69 bits per heavy atom. The highest BCUT2D eigenvalue weighted by Crippen LogP contribution is 2.13. The van der Waals surface area contributed by atoms with Crippen LogP contribution in [0.5, 0.6) is 0 Å². The normalized spacial score (nSPS) is 11.3. The number of carboxylic acid groups (broad SMARTS) is 1. The average molecular weight is 360 g/mol. The maximum absolute atomic E-state index is 12.0. The van der Waals surface area contributed by atoms with Crippen LogP contribution in [-0.2, 0) is 16.0 Å². The van der Waals surface area contributed by atoms with Crippen LogP contribution in [0.15, 0.2) is 29.3 Å². The number of aryl methyl sites for hydroxylation is 1. The number of benzene rings is 1. The first-order chi connectivity index (χ1) is 12.3. The van der Waals surface area contributed by atoms with Crippen LogP contribution in [0, 0.1) is 0 Å². The van der Waals surface area contributed by atoms with E-state index in [9.17, 15) is 14.4 Å². The fourth-order valence-electron chi connectivity index (χ4n) is 2.48. The Labute approximate surface area is 154 Å². The van der Waals surface area contributed by atoms with Crippen LogP contribution in [0.3, 0.4) is 0 Å². The van der Waals surface area contributed by atoms with Crippen molar-refractivity contribution >= 4 is 23.5 Å². The van der Waals surface area contributed by atoms with Crippen molar-refractivity contribution in [3.05, 3.63) is 35.4 Å². The summed E-state index contributed by atoms with van der Waals surface area (Å²) in [5, 5.41) is 8.79. The van der Waals surface area contributed by atoms with Crippen LogP contribution in [0.2, 0.25) is 0 Å². The summed E-state index contributed by atoms with van der Waals surface area (Å²) in [7, 11) is 3.55. The SMILES string of the molecule is C/C(=N\C(=O)c1cccc(CCCCCCCC(=O)N(C)C)c1)C(=O)O. The van der Waals surface area contributed by atoms with Gasteiger partial charge >= 0.3 is 5.97 Å². The molecule has 142 valence electrons. The number of aliphatic carboxylic acids is 1. The third-order valence-corrected chi connectivity index (χ3v) is 4.11. The predicted molar refractivity (Wildman–Crippen MR) is 102 cm³/mol. The number of carboxylic acids is 1. The quantitative estimate of drug-likeness (QED) is 0.512. The van der Waals surface area contributed by atoms with Crippen LogP contribution in [0.1, 0.15) is 61.4 Å². The van der Waals surface area contributed by atoms with E-state index in [1.54, 1.807) is 37.2 Å². The van der Waals surface area contributed by atoms with Gasteiger partial charge in [0.1, 0.15) is 5.71 Å². The summed E-state index contributed by atoms with van der Waals surface area (Å²) in [6, 6.07) is 7.17. The topological polar surface area (TPSA) is 87.0 Å². The van der Waals surface area contributed by atoms with Crippen LogP contribution in [-0.4, -0.2) is 47.6 Å². The Bertz CT molecular complexity index is 666. The third-order valence-electron chi connectivity index (χ3n) is 4.11. The molecule has 1 N–H and O–H groups in total. The van der Waals surface area contributed by atoms with E-state index in [2.05, 4.69) is 4.99 Å². The fraction of sp³-hybridized carbons (Fsp3) is 0.500. The third kappa shape index (κ3) is 8.05. The largest absolute Gasteiger partial charge is 0.477 e. The molecule has 0 saturated carbocycles. The van der Waals surface area contributed by atoms with Gasteiger partial charge < -0.3 is 10.0 Å². The van der Waals surface area contributed by atoms with Crippen LogP contribution in [0.4, 0.5) is 0 Å². The Kier molecular flexibility index (Phi) is 9.26. The first-order valence-corrected chi connectivity index (χ1v) is 8.93. The monoisotopic (exact) mass is 360 g/mol. The molecule has 0 saturated heterocycles. The van der Waals surface area contributed by atoms with E-state index in [-0.39, 0.29) is 11.6 Å². The van der Waals surface area contributed by atoms with E-state index >= 15 is 0 Å². The first kappa shape index (κ1) is 21.5. The molecule has 0 aliphatic rings. The molecule has 0 aliphatic carbocycles. The standard InChI is InChI=1S/C20H28N2O4/c1-15(20(25)26)21-19(24)17-12-9-11-16(14-17)10-7-5-4-6-8-13-18(23)22(2)3/h9,11-12,14H,4-8,10,13H2,1-3H3,(H,25,26)/b21-15+. The lowest BCUT2D eigenvalue weighted by atomic mass is 10.0. The highest BCUT2D eigenvalue weighted by Gasteiger charge is 2.09. The Hall–Kier alpha value is -2.50. The van der Waals surface area contributed by atoms with Crippen molar-refractivity contribution in [1.82, 2.24) is 4.90 Å². The van der Waals surface area contributed by atoms with Gasteiger partial charge in [-0.1, -0.05) is 31.4 Å². The molecule has 0 atom stereocenters. The zero-order valence-electron chi connectivity index (χ0n) is 15.8. The Balaban J connectivity index is 2.36. The van der Waals surface area contributed by atoms with Crippen molar-refractivity contribution in [2.24, 2.45) is 4.99 Å². The summed E-state index contributed by atoms with van der Waals surface area (Å²) in [4.78, 5) is 39.4. The minimum atomic E-state index is -1.19. The molecule has 1 rings (SSSR count). The molecule has 0 spiro atoms. The van der Waals surface area contributed by atoms with E-state index in [1.165, 1.54) is 6.92 Å². The molecule has 2 amide bonds. The highest BCUT2D eigenvalue weighted by atomic mass is 16.4. The maximum atomic E-state index is 12.0. The lowest BCUT2D eigenvalue weighted by Crippen LogP contribution is -2.20. The summed E-state index contributed by atoms with van der Waals surface area (Å²) >= 11 is 0. The lowest BCUT2D eigenvalue weighted by molar-refractivity contribution is -0.130. The number of aliphatic imine (C=N–C) groups is 1. The lowest BCUT2D eigenvalue weighted by Gasteiger charge is -2.09. The van der Waals surface area contributed by atoms with Crippen molar-refractivity contribution < 1.29 is 19.5 Å². The summed E-state index contributed by atoms with van der Waals surface area (Å²) in [5.74, 6) is -1.55. The van der Waals surface area contributed by atoms with Crippen molar-refractivity contribution in [3.63, 3.8) is 0 Å². The van der Waals surface area contributed by atoms with Crippen LogP contribution in [0.25, 0.3) is 0 Å². The molecular weight excluding hydrogens is 332 g/mol. The number of carbonyl (C=O) groups excluding carboxylic acids is 2. The minimum Gasteiger partial charge on any atom is -0.477 e. The summed E-state index contributed by atoms with van der Waals surface area (Å²) in [6.07, 6.45) is 6.60. The summed E-state index contributed by atoms with van der Waals surface area (Å²) in [5.41, 5.74) is 1.24. The highest BCUT2D eigenvalue weighted by molar-refractivity contribution is 6.36. The Morgan fingerprint density at radius 3 is 2.35 bits per heavy atom. The zero-order chi connectivity index (χ0) is 19.5. The van der Waals surface area contributed by atoms with Gasteiger partial charge in [0.05, 0.1) is 0 Å². The van der Waals surface area contributed by atoms with Gasteiger partial charge in [-0.2, -0.15) is 0 Å². The van der Waals surface area contributed by atoms with Gasteiger partial charge in [0.15, 0.2) is 0 Å². The van der Waals surface area contributed by atoms with Gasteiger partial charge in [0.25, 0.3) is 5.91 Å². The number of carbonyl (C=O) groups is 3. The molecule has 0 aliphatic heterocycles.